The monoisotopic (exact) mass is 150 g/mol. The molecule has 0 aliphatic heterocycles. The molecule has 0 rings (SSSR count). The van der Waals surface area contributed by atoms with Crippen LogP contribution < -0.4 is 0 Å². The van der Waals surface area contributed by atoms with Crippen molar-refractivity contribution in [3.05, 3.63) is 0 Å². The molecule has 9 heavy (non-hydrogen) atoms. The van der Waals surface area contributed by atoms with Gasteiger partial charge < -0.3 is 4.52 Å². The molecule has 0 saturated heterocycles. The van der Waals surface area contributed by atoms with Gasteiger partial charge in [-0.1, -0.05) is 13.8 Å². The van der Waals surface area contributed by atoms with Crippen molar-refractivity contribution in [3.63, 3.8) is 0 Å². The quantitative estimate of drug-likeness (QED) is 0.575. The van der Waals surface area contributed by atoms with Crippen LogP contribution in [-0.4, -0.2) is 12.8 Å². The number of hydrogen-bond donors (Lipinski definition) is 0. The van der Waals surface area contributed by atoms with Crippen LogP contribution in [0.25, 0.3) is 0 Å². The van der Waals surface area contributed by atoms with Crippen LogP contribution in [0.2, 0.25) is 0 Å². The van der Waals surface area contributed by atoms with E-state index < -0.39 is 8.03 Å². The summed E-state index contributed by atoms with van der Waals surface area (Å²) in [7, 11) is -0.206. The van der Waals surface area contributed by atoms with Crippen LogP contribution in [-0.2, 0) is 9.09 Å². The normalized spacial score (nSPS) is 14.2. The molecule has 3 heteroatoms. The second-order valence-electron chi connectivity index (χ2n) is 2.04. The zero-order valence-electron chi connectivity index (χ0n) is 6.31. The van der Waals surface area contributed by atoms with E-state index in [1.807, 2.05) is 13.8 Å². The van der Waals surface area contributed by atoms with Crippen LogP contribution >= 0.6 is 8.03 Å². The fraction of sp³-hybridized carbons (Fsp3) is 1.00. The van der Waals surface area contributed by atoms with Crippen molar-refractivity contribution in [1.29, 1.82) is 0 Å². The van der Waals surface area contributed by atoms with E-state index in [1.54, 1.807) is 0 Å². The Balaban J connectivity index is 3.64. The lowest BCUT2D eigenvalue weighted by Crippen LogP contribution is -1.97. The highest BCUT2D eigenvalue weighted by molar-refractivity contribution is 7.40. The molecule has 0 amide bonds. The molecule has 0 aromatic rings. The Hall–Kier alpha value is 0.190. The molecule has 2 nitrogen and oxygen atoms in total. The molecule has 0 aliphatic rings. The van der Waals surface area contributed by atoms with Crippen LogP contribution in [0, 0.1) is 0 Å². The Morgan fingerprint density at radius 3 is 2.00 bits per heavy atom. The summed E-state index contributed by atoms with van der Waals surface area (Å²) >= 11 is 0. The number of rotatable bonds is 4. The van der Waals surface area contributed by atoms with E-state index >= 15 is 0 Å². The van der Waals surface area contributed by atoms with Crippen molar-refractivity contribution in [3.8, 4) is 0 Å². The van der Waals surface area contributed by atoms with Gasteiger partial charge >= 0.3 is 0 Å². The molecule has 56 valence electrons. The van der Waals surface area contributed by atoms with E-state index in [0.29, 0.717) is 5.66 Å². The summed E-state index contributed by atoms with van der Waals surface area (Å²) in [6.07, 6.45) is 1.92. The van der Waals surface area contributed by atoms with Gasteiger partial charge in [0, 0.05) is 12.8 Å². The zero-order valence-corrected chi connectivity index (χ0v) is 7.31. The highest BCUT2D eigenvalue weighted by Crippen LogP contribution is 2.32. The number of hydrogen-bond acceptors (Lipinski definition) is 2. The van der Waals surface area contributed by atoms with Crippen molar-refractivity contribution in [2.75, 3.05) is 7.11 Å². The third kappa shape index (κ3) is 3.02. The fourth-order valence-corrected chi connectivity index (χ4v) is 1.79. The standard InChI is InChI=1S/C6H15O2P/c1-4-6(5-2)9(7)8-3/h6,9H,4-5H2,1-3H3. The first kappa shape index (κ1) is 9.19. The van der Waals surface area contributed by atoms with Crippen molar-refractivity contribution < 1.29 is 9.09 Å². The maximum atomic E-state index is 10.9. The van der Waals surface area contributed by atoms with E-state index in [-0.39, 0.29) is 0 Å². The topological polar surface area (TPSA) is 26.3 Å². The Morgan fingerprint density at radius 2 is 1.89 bits per heavy atom. The summed E-state index contributed by atoms with van der Waals surface area (Å²) < 4.78 is 15.7. The lowest BCUT2D eigenvalue weighted by molar-refractivity contribution is 0.402. The van der Waals surface area contributed by atoms with Crippen LogP contribution in [0.5, 0.6) is 0 Å². The van der Waals surface area contributed by atoms with Gasteiger partial charge in [0.15, 0.2) is 8.03 Å². The highest BCUT2D eigenvalue weighted by atomic mass is 31.1. The SMILES string of the molecule is CCC(CC)[PH](=O)OC. The Kier molecular flexibility index (Phi) is 5.12. The van der Waals surface area contributed by atoms with Gasteiger partial charge in [-0.3, -0.25) is 4.57 Å². The van der Waals surface area contributed by atoms with E-state index in [0.717, 1.165) is 12.8 Å². The third-order valence-corrected chi connectivity index (χ3v) is 3.41. The predicted molar refractivity (Wildman–Crippen MR) is 40.4 cm³/mol. The van der Waals surface area contributed by atoms with E-state index in [1.165, 1.54) is 7.11 Å². The molecule has 0 aromatic heterocycles. The van der Waals surface area contributed by atoms with Gasteiger partial charge in [-0.25, -0.2) is 0 Å². The van der Waals surface area contributed by atoms with Crippen LogP contribution in [0.3, 0.4) is 0 Å². The molecule has 0 spiro atoms. The molecule has 0 saturated carbocycles. The first-order valence-electron chi connectivity index (χ1n) is 3.34. The average molecular weight is 150 g/mol. The van der Waals surface area contributed by atoms with Crippen LogP contribution in [0.15, 0.2) is 0 Å². The molecular formula is C6H15O2P. The smallest absolute Gasteiger partial charge is 0.194 e. The summed E-state index contributed by atoms with van der Waals surface area (Å²) in [5.74, 6) is 0. The molecule has 0 radical (unpaired) electrons. The van der Waals surface area contributed by atoms with Crippen molar-refractivity contribution in [2.24, 2.45) is 0 Å². The lowest BCUT2D eigenvalue weighted by Gasteiger charge is -2.08. The molecule has 1 unspecified atom stereocenters. The average Bonchev–Trinajstić information content (AvgIpc) is 1.90. The first-order valence-corrected chi connectivity index (χ1v) is 4.73. The Bertz CT molecular complexity index is 89.1. The van der Waals surface area contributed by atoms with Gasteiger partial charge in [-0.2, -0.15) is 0 Å². The largest absolute Gasteiger partial charge is 0.334 e. The van der Waals surface area contributed by atoms with Gasteiger partial charge in [0.2, 0.25) is 0 Å². The van der Waals surface area contributed by atoms with Crippen molar-refractivity contribution in [2.45, 2.75) is 32.3 Å². The minimum absolute atomic E-state index is 0.292. The van der Waals surface area contributed by atoms with Gasteiger partial charge in [-0.05, 0) is 12.8 Å². The maximum absolute atomic E-state index is 10.9. The molecule has 0 aromatic carbocycles. The highest BCUT2D eigenvalue weighted by Gasteiger charge is 2.09. The molecular weight excluding hydrogens is 135 g/mol. The molecule has 0 fully saturated rings. The minimum Gasteiger partial charge on any atom is -0.334 e. The first-order chi connectivity index (χ1) is 4.26. The van der Waals surface area contributed by atoms with Gasteiger partial charge in [0.1, 0.15) is 0 Å². The second kappa shape index (κ2) is 5.01. The van der Waals surface area contributed by atoms with Crippen molar-refractivity contribution in [1.82, 2.24) is 0 Å². The Morgan fingerprint density at radius 1 is 1.44 bits per heavy atom. The summed E-state index contributed by atoms with van der Waals surface area (Å²) in [5, 5.41) is 0. The summed E-state index contributed by atoms with van der Waals surface area (Å²) in [4.78, 5) is 0. The molecule has 1 atom stereocenters. The predicted octanol–water partition coefficient (Wildman–Crippen LogP) is 2.30. The zero-order chi connectivity index (χ0) is 7.28. The fourth-order valence-electron chi connectivity index (χ4n) is 0.789. The lowest BCUT2D eigenvalue weighted by atomic mass is 10.3. The van der Waals surface area contributed by atoms with E-state index in [2.05, 4.69) is 0 Å². The second-order valence-corrected chi connectivity index (χ2v) is 3.90. The van der Waals surface area contributed by atoms with Gasteiger partial charge in [0.05, 0.1) is 0 Å². The van der Waals surface area contributed by atoms with Crippen molar-refractivity contribution >= 4 is 8.03 Å². The molecule has 0 bridgehead atoms. The molecule has 0 heterocycles. The van der Waals surface area contributed by atoms with Gasteiger partial charge in [-0.15, -0.1) is 0 Å². The molecule has 0 aliphatic carbocycles. The van der Waals surface area contributed by atoms with Crippen LogP contribution in [0.1, 0.15) is 26.7 Å². The van der Waals surface area contributed by atoms with Gasteiger partial charge in [0.25, 0.3) is 0 Å². The minimum atomic E-state index is -1.72. The summed E-state index contributed by atoms with van der Waals surface area (Å²) in [6.45, 7) is 4.07. The van der Waals surface area contributed by atoms with Crippen LogP contribution in [0.4, 0.5) is 0 Å². The molecule has 0 N–H and O–H groups in total. The summed E-state index contributed by atoms with van der Waals surface area (Å²) in [5.41, 5.74) is 0.292. The maximum Gasteiger partial charge on any atom is 0.194 e. The van der Waals surface area contributed by atoms with E-state index in [4.69, 9.17) is 4.52 Å². The third-order valence-electron chi connectivity index (χ3n) is 1.52. The summed E-state index contributed by atoms with van der Waals surface area (Å²) in [6, 6.07) is 0. The Labute approximate surface area is 57.5 Å². The van der Waals surface area contributed by atoms with E-state index in [9.17, 15) is 4.57 Å².